The average molecular weight is 246 g/mol. The monoisotopic (exact) mass is 246 g/mol. The van der Waals surface area contributed by atoms with Gasteiger partial charge in [0.05, 0.1) is 5.69 Å². The van der Waals surface area contributed by atoms with Crippen LogP contribution in [0.1, 0.15) is 0 Å². The molecule has 1 radical (unpaired) electrons. The van der Waals surface area contributed by atoms with E-state index in [9.17, 15) is 0 Å². The van der Waals surface area contributed by atoms with E-state index in [0.29, 0.717) is 0 Å². The van der Waals surface area contributed by atoms with Crippen LogP contribution in [0.4, 0.5) is 0 Å². The molecule has 19 heavy (non-hydrogen) atoms. The fourth-order valence-electron chi connectivity index (χ4n) is 1.80. The van der Waals surface area contributed by atoms with Crippen LogP contribution in [0.15, 0.2) is 72.9 Å². The third-order valence-electron chi connectivity index (χ3n) is 2.69. The largest absolute Gasteiger partial charge is 0.457 e. The lowest BCUT2D eigenvalue weighted by Gasteiger charge is -2.07. The van der Waals surface area contributed by atoms with Crippen LogP contribution >= 0.6 is 0 Å². The number of pyridine rings is 1. The molecule has 0 unspecified atom stereocenters. The molecule has 0 saturated heterocycles. The lowest BCUT2D eigenvalue weighted by Crippen LogP contribution is -1.86. The topological polar surface area (TPSA) is 22.1 Å². The predicted octanol–water partition coefficient (Wildman–Crippen LogP) is 4.34. The van der Waals surface area contributed by atoms with Gasteiger partial charge >= 0.3 is 0 Å². The Morgan fingerprint density at radius 2 is 1.68 bits per heavy atom. The van der Waals surface area contributed by atoms with Crippen LogP contribution in [0, 0.1) is 6.07 Å². The lowest BCUT2D eigenvalue weighted by molar-refractivity contribution is 0.483. The van der Waals surface area contributed by atoms with E-state index in [1.54, 1.807) is 6.20 Å². The van der Waals surface area contributed by atoms with Gasteiger partial charge in [0.25, 0.3) is 0 Å². The van der Waals surface area contributed by atoms with Crippen LogP contribution in [0.25, 0.3) is 11.3 Å². The fourth-order valence-corrected chi connectivity index (χ4v) is 1.80. The molecule has 0 aliphatic rings. The van der Waals surface area contributed by atoms with Gasteiger partial charge in [0.2, 0.25) is 0 Å². The number of hydrogen-bond acceptors (Lipinski definition) is 2. The molecule has 0 atom stereocenters. The summed E-state index contributed by atoms with van der Waals surface area (Å²) < 4.78 is 5.79. The van der Waals surface area contributed by atoms with Crippen LogP contribution in [-0.2, 0) is 0 Å². The first kappa shape index (κ1) is 11.5. The molecule has 0 amide bonds. The van der Waals surface area contributed by atoms with Crippen molar-refractivity contribution in [3.05, 3.63) is 79.0 Å². The first-order valence-electron chi connectivity index (χ1n) is 6.08. The summed E-state index contributed by atoms with van der Waals surface area (Å²) in [5.41, 5.74) is 1.81. The number of benzene rings is 2. The van der Waals surface area contributed by atoms with Gasteiger partial charge in [0, 0.05) is 11.8 Å². The molecule has 0 N–H and O–H groups in total. The zero-order chi connectivity index (χ0) is 12.9. The molecule has 1 heterocycles. The Balaban J connectivity index is 1.89. The van der Waals surface area contributed by atoms with Gasteiger partial charge in [-0.3, -0.25) is 4.98 Å². The molecule has 3 aromatic rings. The van der Waals surface area contributed by atoms with Crippen molar-refractivity contribution < 1.29 is 4.74 Å². The second kappa shape index (κ2) is 5.36. The Morgan fingerprint density at radius 1 is 0.842 bits per heavy atom. The van der Waals surface area contributed by atoms with Crippen LogP contribution in [0.5, 0.6) is 11.5 Å². The van der Waals surface area contributed by atoms with E-state index in [4.69, 9.17) is 4.74 Å². The van der Waals surface area contributed by atoms with Crippen LogP contribution in [0.2, 0.25) is 0 Å². The molecule has 0 aliphatic heterocycles. The number of aromatic nitrogens is 1. The summed E-state index contributed by atoms with van der Waals surface area (Å²) in [6.07, 6.45) is 1.77. The van der Waals surface area contributed by atoms with Crippen molar-refractivity contribution in [1.29, 1.82) is 0 Å². The summed E-state index contributed by atoms with van der Waals surface area (Å²) in [4.78, 5) is 4.31. The fraction of sp³-hybridized carbons (Fsp3) is 0. The summed E-state index contributed by atoms with van der Waals surface area (Å²) in [5.74, 6) is 1.60. The Kier molecular flexibility index (Phi) is 3.24. The highest BCUT2D eigenvalue weighted by Crippen LogP contribution is 2.25. The predicted molar refractivity (Wildman–Crippen MR) is 75.0 cm³/mol. The average Bonchev–Trinajstić information content (AvgIpc) is 2.49. The van der Waals surface area contributed by atoms with Crippen LogP contribution < -0.4 is 4.74 Å². The van der Waals surface area contributed by atoms with Crippen molar-refractivity contribution in [3.8, 4) is 22.8 Å². The van der Waals surface area contributed by atoms with Crippen molar-refractivity contribution in [2.24, 2.45) is 0 Å². The second-order valence-corrected chi connectivity index (χ2v) is 4.07. The quantitative estimate of drug-likeness (QED) is 0.685. The SMILES string of the molecule is [c]1ccc(Oc2ccccc2)cc1-c1ccccn1. The molecule has 0 saturated carbocycles. The van der Waals surface area contributed by atoms with Gasteiger partial charge in [0.1, 0.15) is 11.5 Å². The minimum absolute atomic E-state index is 0.783. The lowest BCUT2D eigenvalue weighted by atomic mass is 10.1. The Hall–Kier alpha value is -2.61. The molecule has 2 nitrogen and oxygen atoms in total. The van der Waals surface area contributed by atoms with Gasteiger partial charge in [0.15, 0.2) is 0 Å². The highest BCUT2D eigenvalue weighted by atomic mass is 16.5. The number of hydrogen-bond donors (Lipinski definition) is 0. The normalized spacial score (nSPS) is 10.1. The van der Waals surface area contributed by atoms with Gasteiger partial charge in [-0.25, -0.2) is 0 Å². The number of para-hydroxylation sites is 1. The zero-order valence-corrected chi connectivity index (χ0v) is 10.3. The van der Waals surface area contributed by atoms with Crippen molar-refractivity contribution in [1.82, 2.24) is 4.98 Å². The number of nitrogens with zero attached hydrogens (tertiary/aromatic N) is 1. The highest BCUT2D eigenvalue weighted by molar-refractivity contribution is 5.60. The van der Waals surface area contributed by atoms with E-state index in [-0.39, 0.29) is 0 Å². The van der Waals surface area contributed by atoms with E-state index in [2.05, 4.69) is 11.1 Å². The maximum absolute atomic E-state index is 5.79. The third kappa shape index (κ3) is 2.80. The standard InChI is InChI=1S/C17H12NO/c1-2-8-15(9-3-1)19-16-10-6-7-14(13-16)17-11-4-5-12-18-17/h1-6,8-13H. The Labute approximate surface area is 112 Å². The minimum atomic E-state index is 0.783. The van der Waals surface area contributed by atoms with Crippen molar-refractivity contribution >= 4 is 0 Å². The summed E-state index contributed by atoms with van der Waals surface area (Å²) in [6.45, 7) is 0. The molecular formula is C17H12NO. The smallest absolute Gasteiger partial charge is 0.128 e. The van der Waals surface area contributed by atoms with Crippen LogP contribution in [-0.4, -0.2) is 4.98 Å². The third-order valence-corrected chi connectivity index (χ3v) is 2.69. The Bertz CT molecular complexity index is 650. The summed E-state index contributed by atoms with van der Waals surface area (Å²) in [7, 11) is 0. The first-order valence-corrected chi connectivity index (χ1v) is 6.08. The highest BCUT2D eigenvalue weighted by Gasteiger charge is 2.02. The number of ether oxygens (including phenoxy) is 1. The minimum Gasteiger partial charge on any atom is -0.457 e. The molecule has 3 rings (SSSR count). The molecule has 1 aromatic heterocycles. The van der Waals surface area contributed by atoms with Crippen molar-refractivity contribution in [3.63, 3.8) is 0 Å². The van der Waals surface area contributed by atoms with E-state index in [1.807, 2.05) is 66.7 Å². The first-order chi connectivity index (χ1) is 9.42. The Morgan fingerprint density at radius 3 is 2.47 bits per heavy atom. The van der Waals surface area contributed by atoms with Gasteiger partial charge in [-0.15, -0.1) is 0 Å². The van der Waals surface area contributed by atoms with E-state index < -0.39 is 0 Å². The zero-order valence-electron chi connectivity index (χ0n) is 10.3. The molecule has 0 spiro atoms. The molecule has 0 bridgehead atoms. The van der Waals surface area contributed by atoms with E-state index >= 15 is 0 Å². The summed E-state index contributed by atoms with van der Waals surface area (Å²) in [5, 5.41) is 0. The molecular weight excluding hydrogens is 234 g/mol. The maximum atomic E-state index is 5.79. The van der Waals surface area contributed by atoms with Gasteiger partial charge in [-0.2, -0.15) is 0 Å². The molecule has 2 heteroatoms. The van der Waals surface area contributed by atoms with Gasteiger partial charge in [-0.1, -0.05) is 24.3 Å². The van der Waals surface area contributed by atoms with E-state index in [1.165, 1.54) is 0 Å². The molecule has 2 aromatic carbocycles. The number of rotatable bonds is 3. The summed E-state index contributed by atoms with van der Waals surface area (Å²) in [6, 6.07) is 24.4. The summed E-state index contributed by atoms with van der Waals surface area (Å²) >= 11 is 0. The molecule has 0 aliphatic carbocycles. The molecule has 0 fully saturated rings. The van der Waals surface area contributed by atoms with E-state index in [0.717, 1.165) is 22.8 Å². The van der Waals surface area contributed by atoms with Gasteiger partial charge in [-0.05, 0) is 48.5 Å². The maximum Gasteiger partial charge on any atom is 0.128 e. The van der Waals surface area contributed by atoms with Crippen molar-refractivity contribution in [2.75, 3.05) is 0 Å². The van der Waals surface area contributed by atoms with Crippen molar-refractivity contribution in [2.45, 2.75) is 0 Å². The second-order valence-electron chi connectivity index (χ2n) is 4.07. The van der Waals surface area contributed by atoms with Gasteiger partial charge < -0.3 is 4.74 Å². The van der Waals surface area contributed by atoms with Crippen LogP contribution in [0.3, 0.4) is 0 Å². The molecule has 91 valence electrons.